The molecule has 0 radical (unpaired) electrons. The number of halogens is 2. The lowest BCUT2D eigenvalue weighted by Crippen LogP contribution is -2.42. The Balaban J connectivity index is 2.63. The maximum absolute atomic E-state index is 13.5. The predicted molar refractivity (Wildman–Crippen MR) is 71.0 cm³/mol. The third-order valence-corrected chi connectivity index (χ3v) is 3.22. The molecule has 0 spiro atoms. The molecule has 1 rings (SSSR count). The van der Waals surface area contributed by atoms with Crippen LogP contribution in [0.1, 0.15) is 19.4 Å². The number of likely N-dealkylation sites (N-methyl/N-ethyl adjacent to an activating group) is 1. The fourth-order valence-corrected chi connectivity index (χ4v) is 1.76. The van der Waals surface area contributed by atoms with Crippen molar-refractivity contribution in [3.63, 3.8) is 0 Å². The van der Waals surface area contributed by atoms with E-state index in [9.17, 15) is 9.18 Å². The van der Waals surface area contributed by atoms with E-state index in [1.807, 2.05) is 6.92 Å². The van der Waals surface area contributed by atoms with Gasteiger partial charge in [-0.1, -0.05) is 17.7 Å². The molecule has 0 saturated heterocycles. The van der Waals surface area contributed by atoms with E-state index in [0.717, 1.165) is 0 Å². The summed E-state index contributed by atoms with van der Waals surface area (Å²) in [6.07, 6.45) is 0. The van der Waals surface area contributed by atoms with Gasteiger partial charge in [0.1, 0.15) is 5.82 Å². The summed E-state index contributed by atoms with van der Waals surface area (Å²) in [5, 5.41) is 3.35. The standard InChI is InChI=1S/C13H18ClFN2O/c1-4-17(3)13(18)9(2)16-8-10-11(14)6-5-7-12(10)15/h5-7,9,16H,4,8H2,1-3H3. The van der Waals surface area contributed by atoms with Crippen LogP contribution >= 0.6 is 11.6 Å². The molecule has 1 aromatic rings. The van der Waals surface area contributed by atoms with Gasteiger partial charge in [0.25, 0.3) is 0 Å². The third-order valence-electron chi connectivity index (χ3n) is 2.87. The second-order valence-electron chi connectivity index (χ2n) is 4.16. The van der Waals surface area contributed by atoms with Gasteiger partial charge in [0, 0.05) is 30.7 Å². The van der Waals surface area contributed by atoms with Crippen molar-refractivity contribution in [3.05, 3.63) is 34.6 Å². The molecule has 3 nitrogen and oxygen atoms in total. The van der Waals surface area contributed by atoms with Gasteiger partial charge in [0.05, 0.1) is 6.04 Å². The van der Waals surface area contributed by atoms with Crippen LogP contribution in [0.2, 0.25) is 5.02 Å². The van der Waals surface area contributed by atoms with Crippen LogP contribution in [0, 0.1) is 5.82 Å². The van der Waals surface area contributed by atoms with Gasteiger partial charge in [0.15, 0.2) is 0 Å². The molecule has 0 bridgehead atoms. The Morgan fingerprint density at radius 1 is 1.56 bits per heavy atom. The first-order chi connectivity index (χ1) is 8.47. The summed E-state index contributed by atoms with van der Waals surface area (Å²) < 4.78 is 13.5. The molecule has 18 heavy (non-hydrogen) atoms. The van der Waals surface area contributed by atoms with Crippen molar-refractivity contribution in [3.8, 4) is 0 Å². The van der Waals surface area contributed by atoms with Gasteiger partial charge in [-0.2, -0.15) is 0 Å². The lowest BCUT2D eigenvalue weighted by Gasteiger charge is -2.20. The minimum atomic E-state index is -0.370. The maximum atomic E-state index is 13.5. The van der Waals surface area contributed by atoms with Crippen molar-refractivity contribution in [1.29, 1.82) is 0 Å². The number of hydrogen-bond acceptors (Lipinski definition) is 2. The zero-order valence-corrected chi connectivity index (χ0v) is 11.6. The molecule has 0 heterocycles. The van der Waals surface area contributed by atoms with Crippen LogP contribution in [-0.4, -0.2) is 30.4 Å². The minimum Gasteiger partial charge on any atom is -0.345 e. The molecule has 0 aliphatic rings. The Morgan fingerprint density at radius 2 is 2.22 bits per heavy atom. The Kier molecular flexibility index (Phi) is 5.56. The molecule has 0 aromatic heterocycles. The van der Waals surface area contributed by atoms with Crippen LogP contribution in [0.4, 0.5) is 4.39 Å². The van der Waals surface area contributed by atoms with Crippen molar-refractivity contribution >= 4 is 17.5 Å². The summed E-state index contributed by atoms with van der Waals surface area (Å²) in [6.45, 7) is 4.53. The molecule has 100 valence electrons. The largest absolute Gasteiger partial charge is 0.345 e. The Morgan fingerprint density at radius 3 is 2.78 bits per heavy atom. The summed E-state index contributed by atoms with van der Waals surface area (Å²) in [7, 11) is 1.73. The summed E-state index contributed by atoms with van der Waals surface area (Å²) in [4.78, 5) is 13.4. The molecular weight excluding hydrogens is 255 g/mol. The van der Waals surface area contributed by atoms with Crippen molar-refractivity contribution < 1.29 is 9.18 Å². The van der Waals surface area contributed by atoms with E-state index in [0.29, 0.717) is 17.1 Å². The number of amides is 1. The normalized spacial score (nSPS) is 12.3. The first-order valence-corrected chi connectivity index (χ1v) is 6.26. The van der Waals surface area contributed by atoms with E-state index in [1.165, 1.54) is 6.07 Å². The molecular formula is C13H18ClFN2O. The van der Waals surface area contributed by atoms with E-state index in [1.54, 1.807) is 31.0 Å². The molecule has 0 aliphatic carbocycles. The van der Waals surface area contributed by atoms with Crippen molar-refractivity contribution in [2.24, 2.45) is 0 Å². The van der Waals surface area contributed by atoms with E-state index in [-0.39, 0.29) is 24.3 Å². The highest BCUT2D eigenvalue weighted by molar-refractivity contribution is 6.31. The van der Waals surface area contributed by atoms with E-state index < -0.39 is 0 Å². The fraction of sp³-hybridized carbons (Fsp3) is 0.462. The number of benzene rings is 1. The van der Waals surface area contributed by atoms with Gasteiger partial charge >= 0.3 is 0 Å². The average molecular weight is 273 g/mol. The summed E-state index contributed by atoms with van der Waals surface area (Å²) in [5.74, 6) is -0.386. The average Bonchev–Trinajstić information content (AvgIpc) is 2.36. The van der Waals surface area contributed by atoms with Gasteiger partial charge in [-0.25, -0.2) is 4.39 Å². The third kappa shape index (κ3) is 3.68. The number of carbonyl (C=O) groups is 1. The zero-order valence-electron chi connectivity index (χ0n) is 10.8. The minimum absolute atomic E-state index is 0.0232. The Hall–Kier alpha value is -1.13. The maximum Gasteiger partial charge on any atom is 0.239 e. The summed E-state index contributed by atoms with van der Waals surface area (Å²) in [5.41, 5.74) is 0.387. The highest BCUT2D eigenvalue weighted by Crippen LogP contribution is 2.18. The smallest absolute Gasteiger partial charge is 0.239 e. The van der Waals surface area contributed by atoms with Crippen molar-refractivity contribution in [2.45, 2.75) is 26.4 Å². The van der Waals surface area contributed by atoms with Crippen LogP contribution in [0.3, 0.4) is 0 Å². The van der Waals surface area contributed by atoms with Gasteiger partial charge in [-0.05, 0) is 26.0 Å². The number of carbonyl (C=O) groups excluding carboxylic acids is 1. The molecule has 1 atom stereocenters. The number of hydrogen-bond donors (Lipinski definition) is 1. The molecule has 0 saturated carbocycles. The lowest BCUT2D eigenvalue weighted by atomic mass is 10.2. The summed E-state index contributed by atoms with van der Waals surface area (Å²) >= 11 is 5.91. The van der Waals surface area contributed by atoms with E-state index >= 15 is 0 Å². The van der Waals surface area contributed by atoms with E-state index in [4.69, 9.17) is 11.6 Å². The fourth-order valence-electron chi connectivity index (χ4n) is 1.53. The first kappa shape index (κ1) is 14.9. The Labute approximate surface area is 112 Å². The van der Waals surface area contributed by atoms with Crippen LogP contribution in [-0.2, 0) is 11.3 Å². The molecule has 0 fully saturated rings. The van der Waals surface area contributed by atoms with Crippen LogP contribution in [0.25, 0.3) is 0 Å². The van der Waals surface area contributed by atoms with Gasteiger partial charge < -0.3 is 10.2 Å². The highest BCUT2D eigenvalue weighted by Gasteiger charge is 2.16. The highest BCUT2D eigenvalue weighted by atomic mass is 35.5. The number of nitrogens with one attached hydrogen (secondary N) is 1. The quantitative estimate of drug-likeness (QED) is 0.893. The van der Waals surface area contributed by atoms with Crippen molar-refractivity contribution in [1.82, 2.24) is 10.2 Å². The summed E-state index contributed by atoms with van der Waals surface area (Å²) in [6, 6.07) is 4.17. The predicted octanol–water partition coefficient (Wildman–Crippen LogP) is 2.44. The molecule has 5 heteroatoms. The lowest BCUT2D eigenvalue weighted by molar-refractivity contribution is -0.131. The van der Waals surface area contributed by atoms with Crippen LogP contribution in [0.15, 0.2) is 18.2 Å². The monoisotopic (exact) mass is 272 g/mol. The Bertz CT molecular complexity index is 405. The van der Waals surface area contributed by atoms with Crippen LogP contribution < -0.4 is 5.32 Å². The number of rotatable bonds is 5. The topological polar surface area (TPSA) is 32.3 Å². The molecule has 0 aliphatic heterocycles. The zero-order chi connectivity index (χ0) is 13.7. The SMILES string of the molecule is CCN(C)C(=O)C(C)NCc1c(F)cccc1Cl. The first-order valence-electron chi connectivity index (χ1n) is 5.88. The van der Waals surface area contributed by atoms with Crippen LogP contribution in [0.5, 0.6) is 0 Å². The van der Waals surface area contributed by atoms with Crippen molar-refractivity contribution in [2.75, 3.05) is 13.6 Å². The number of nitrogens with zero attached hydrogens (tertiary/aromatic N) is 1. The van der Waals surface area contributed by atoms with Gasteiger partial charge in [-0.3, -0.25) is 4.79 Å². The molecule has 1 N–H and O–H groups in total. The second kappa shape index (κ2) is 6.71. The van der Waals surface area contributed by atoms with E-state index in [2.05, 4.69) is 5.32 Å². The second-order valence-corrected chi connectivity index (χ2v) is 4.56. The molecule has 1 amide bonds. The van der Waals surface area contributed by atoms with Gasteiger partial charge in [-0.15, -0.1) is 0 Å². The molecule has 1 aromatic carbocycles. The molecule has 1 unspecified atom stereocenters. The van der Waals surface area contributed by atoms with Gasteiger partial charge in [0.2, 0.25) is 5.91 Å².